The van der Waals surface area contributed by atoms with Gasteiger partial charge in [-0.05, 0) is 42.0 Å². The van der Waals surface area contributed by atoms with Crippen LogP contribution >= 0.6 is 0 Å². The summed E-state index contributed by atoms with van der Waals surface area (Å²) in [5, 5.41) is 9.15. The number of carbonyl (C=O) groups is 1. The van der Waals surface area contributed by atoms with Crippen LogP contribution < -0.4 is 0 Å². The maximum absolute atomic E-state index is 13.3. The molecule has 0 spiro atoms. The van der Waals surface area contributed by atoms with Crippen molar-refractivity contribution in [3.63, 3.8) is 0 Å². The van der Waals surface area contributed by atoms with Crippen molar-refractivity contribution in [2.75, 3.05) is 0 Å². The van der Waals surface area contributed by atoms with Crippen LogP contribution in [0.5, 0.6) is 0 Å². The van der Waals surface area contributed by atoms with Crippen molar-refractivity contribution in [2.24, 2.45) is 0 Å². The van der Waals surface area contributed by atoms with Crippen LogP contribution in [0.3, 0.4) is 0 Å². The molecule has 0 amide bonds. The third kappa shape index (κ3) is 3.87. The minimum atomic E-state index is -1.05. The molecule has 3 rings (SSSR count). The minimum absolute atomic E-state index is 0.0159. The van der Waals surface area contributed by atoms with Crippen LogP contribution in [-0.4, -0.2) is 21.0 Å². The molecular formula is C22H21FN2O2. The summed E-state index contributed by atoms with van der Waals surface area (Å²) in [5.74, 6) is -1.48. The molecular weight excluding hydrogens is 343 g/mol. The van der Waals surface area contributed by atoms with E-state index in [1.807, 2.05) is 39.0 Å². The molecule has 1 aromatic carbocycles. The standard InChI is InChI=1S/C22H21FN2O2/c1-14(17-6-4-8-19(24-17)21(26)27)18-7-5-9-20(25-18)22(2,3)15-10-12-16(23)13-11-15/h4-14H,1-3H3,(H,26,27). The first-order valence-electron chi connectivity index (χ1n) is 8.73. The number of carboxylic acid groups (broad SMARTS) is 1. The second-order valence-corrected chi connectivity index (χ2v) is 7.05. The minimum Gasteiger partial charge on any atom is -0.477 e. The Bertz CT molecular complexity index is 968. The lowest BCUT2D eigenvalue weighted by molar-refractivity contribution is 0.0690. The highest BCUT2D eigenvalue weighted by Gasteiger charge is 2.26. The van der Waals surface area contributed by atoms with Gasteiger partial charge in [-0.25, -0.2) is 14.2 Å². The number of hydrogen-bond donors (Lipinski definition) is 1. The third-order valence-corrected chi connectivity index (χ3v) is 4.85. The van der Waals surface area contributed by atoms with E-state index in [2.05, 4.69) is 4.98 Å². The molecule has 0 bridgehead atoms. The van der Waals surface area contributed by atoms with Gasteiger partial charge in [-0.1, -0.05) is 45.0 Å². The molecule has 3 aromatic rings. The monoisotopic (exact) mass is 364 g/mol. The Hall–Kier alpha value is -3.08. The molecule has 0 aliphatic carbocycles. The van der Waals surface area contributed by atoms with Gasteiger partial charge in [-0.15, -0.1) is 0 Å². The Morgan fingerprint density at radius 2 is 1.56 bits per heavy atom. The van der Waals surface area contributed by atoms with Gasteiger partial charge in [0.15, 0.2) is 0 Å². The zero-order chi connectivity index (χ0) is 19.6. The fourth-order valence-electron chi connectivity index (χ4n) is 3.02. The molecule has 0 aliphatic heterocycles. The van der Waals surface area contributed by atoms with Crippen molar-refractivity contribution in [1.82, 2.24) is 9.97 Å². The number of benzene rings is 1. The average Bonchev–Trinajstić information content (AvgIpc) is 2.68. The van der Waals surface area contributed by atoms with Crippen LogP contribution in [0.1, 0.15) is 59.8 Å². The van der Waals surface area contributed by atoms with Crippen LogP contribution in [0, 0.1) is 5.82 Å². The van der Waals surface area contributed by atoms with Crippen LogP contribution in [-0.2, 0) is 5.41 Å². The van der Waals surface area contributed by atoms with Gasteiger partial charge in [0.05, 0.1) is 11.4 Å². The molecule has 0 saturated heterocycles. The van der Waals surface area contributed by atoms with Crippen molar-refractivity contribution in [3.8, 4) is 0 Å². The number of aromatic nitrogens is 2. The Morgan fingerprint density at radius 1 is 0.963 bits per heavy atom. The molecule has 1 N–H and O–H groups in total. The highest BCUT2D eigenvalue weighted by atomic mass is 19.1. The molecule has 0 aliphatic rings. The van der Waals surface area contributed by atoms with Crippen molar-refractivity contribution in [2.45, 2.75) is 32.1 Å². The predicted octanol–water partition coefficient (Wildman–Crippen LogP) is 4.79. The Kier molecular flexibility index (Phi) is 5.04. The highest BCUT2D eigenvalue weighted by molar-refractivity contribution is 5.85. The summed E-state index contributed by atoms with van der Waals surface area (Å²) < 4.78 is 13.3. The lowest BCUT2D eigenvalue weighted by atomic mass is 9.81. The van der Waals surface area contributed by atoms with Crippen LogP contribution in [0.4, 0.5) is 4.39 Å². The topological polar surface area (TPSA) is 63.1 Å². The molecule has 0 fully saturated rings. The Morgan fingerprint density at radius 3 is 2.19 bits per heavy atom. The summed E-state index contributed by atoms with van der Waals surface area (Å²) >= 11 is 0. The molecule has 1 atom stereocenters. The van der Waals surface area contributed by atoms with E-state index in [0.717, 1.165) is 17.0 Å². The predicted molar refractivity (Wildman–Crippen MR) is 101 cm³/mol. The van der Waals surface area contributed by atoms with E-state index in [-0.39, 0.29) is 17.4 Å². The largest absolute Gasteiger partial charge is 0.477 e. The smallest absolute Gasteiger partial charge is 0.354 e. The second-order valence-electron chi connectivity index (χ2n) is 7.05. The SMILES string of the molecule is CC(c1cccc(C(=O)O)n1)c1cccc(C(C)(C)c2ccc(F)cc2)n1. The summed E-state index contributed by atoms with van der Waals surface area (Å²) in [6.45, 7) is 6.03. The lowest BCUT2D eigenvalue weighted by Gasteiger charge is -2.26. The lowest BCUT2D eigenvalue weighted by Crippen LogP contribution is -2.21. The molecule has 1 unspecified atom stereocenters. The zero-order valence-electron chi connectivity index (χ0n) is 15.5. The number of nitrogens with zero attached hydrogens (tertiary/aromatic N) is 2. The fourth-order valence-corrected chi connectivity index (χ4v) is 3.02. The Labute approximate surface area is 157 Å². The quantitative estimate of drug-likeness (QED) is 0.707. The van der Waals surface area contributed by atoms with Gasteiger partial charge in [0.25, 0.3) is 0 Å². The van der Waals surface area contributed by atoms with Gasteiger partial charge in [0.2, 0.25) is 0 Å². The van der Waals surface area contributed by atoms with E-state index in [4.69, 9.17) is 10.1 Å². The summed E-state index contributed by atoms with van der Waals surface area (Å²) in [4.78, 5) is 20.2. The number of halogens is 1. The first-order chi connectivity index (χ1) is 12.8. The van der Waals surface area contributed by atoms with Gasteiger partial charge in [0.1, 0.15) is 11.5 Å². The first-order valence-corrected chi connectivity index (χ1v) is 8.73. The highest BCUT2D eigenvalue weighted by Crippen LogP contribution is 2.31. The maximum Gasteiger partial charge on any atom is 0.354 e. The molecule has 5 heteroatoms. The van der Waals surface area contributed by atoms with Gasteiger partial charge >= 0.3 is 5.97 Å². The zero-order valence-corrected chi connectivity index (χ0v) is 15.5. The van der Waals surface area contributed by atoms with Gasteiger partial charge in [-0.3, -0.25) is 4.98 Å². The number of pyridine rings is 2. The molecule has 138 valence electrons. The van der Waals surface area contributed by atoms with E-state index in [9.17, 15) is 9.18 Å². The van der Waals surface area contributed by atoms with E-state index in [0.29, 0.717) is 5.69 Å². The molecule has 0 radical (unpaired) electrons. The van der Waals surface area contributed by atoms with Crippen LogP contribution in [0.15, 0.2) is 60.7 Å². The van der Waals surface area contributed by atoms with Crippen molar-refractivity contribution in [3.05, 3.63) is 94.8 Å². The van der Waals surface area contributed by atoms with E-state index < -0.39 is 11.4 Å². The second kappa shape index (κ2) is 7.27. The van der Waals surface area contributed by atoms with Crippen LogP contribution in [0.25, 0.3) is 0 Å². The van der Waals surface area contributed by atoms with Crippen molar-refractivity contribution < 1.29 is 14.3 Å². The Balaban J connectivity index is 1.96. The summed E-state index contributed by atoms with van der Waals surface area (Å²) in [6.07, 6.45) is 0. The van der Waals surface area contributed by atoms with Crippen molar-refractivity contribution in [1.29, 1.82) is 0 Å². The molecule has 2 heterocycles. The first kappa shape index (κ1) is 18.7. The van der Waals surface area contributed by atoms with Gasteiger partial charge < -0.3 is 5.11 Å². The summed E-state index contributed by atoms with van der Waals surface area (Å²) in [5.41, 5.74) is 2.89. The average molecular weight is 364 g/mol. The summed E-state index contributed by atoms with van der Waals surface area (Å²) in [7, 11) is 0. The van der Waals surface area contributed by atoms with Gasteiger partial charge in [-0.2, -0.15) is 0 Å². The van der Waals surface area contributed by atoms with Crippen molar-refractivity contribution >= 4 is 5.97 Å². The summed E-state index contributed by atoms with van der Waals surface area (Å²) in [6, 6.07) is 17.2. The fraction of sp³-hybridized carbons (Fsp3) is 0.227. The third-order valence-electron chi connectivity index (χ3n) is 4.85. The van der Waals surface area contributed by atoms with E-state index in [1.165, 1.54) is 18.2 Å². The van der Waals surface area contributed by atoms with Crippen LogP contribution in [0.2, 0.25) is 0 Å². The number of aromatic carboxylic acids is 1. The number of hydrogen-bond acceptors (Lipinski definition) is 3. The molecule has 4 nitrogen and oxygen atoms in total. The maximum atomic E-state index is 13.3. The number of rotatable bonds is 5. The van der Waals surface area contributed by atoms with Gasteiger partial charge in [0, 0.05) is 17.0 Å². The molecule has 27 heavy (non-hydrogen) atoms. The molecule has 2 aromatic heterocycles. The normalized spacial score (nSPS) is 12.6. The number of carboxylic acids is 1. The van der Waals surface area contributed by atoms with E-state index >= 15 is 0 Å². The molecule has 0 saturated carbocycles. The van der Waals surface area contributed by atoms with E-state index in [1.54, 1.807) is 24.3 Å².